The van der Waals surface area contributed by atoms with Crippen molar-refractivity contribution >= 4 is 11.7 Å². The third-order valence-corrected chi connectivity index (χ3v) is 4.53. The molecule has 7 heteroatoms. The van der Waals surface area contributed by atoms with Gasteiger partial charge in [0.15, 0.2) is 0 Å². The number of amides is 2. The molecule has 1 atom stereocenters. The van der Waals surface area contributed by atoms with Crippen molar-refractivity contribution in [3.05, 3.63) is 12.4 Å². The van der Waals surface area contributed by atoms with E-state index in [9.17, 15) is 4.79 Å². The van der Waals surface area contributed by atoms with Crippen molar-refractivity contribution in [2.75, 3.05) is 44.7 Å². The number of urea groups is 1. The minimum Gasteiger partial charge on any atom is -0.379 e. The highest BCUT2D eigenvalue weighted by Crippen LogP contribution is 2.19. The van der Waals surface area contributed by atoms with Crippen LogP contribution in [0.4, 0.5) is 10.5 Å². The average Bonchev–Trinajstić information content (AvgIpc) is 3.16. The summed E-state index contributed by atoms with van der Waals surface area (Å²) in [5, 5.41) is 7.28. The van der Waals surface area contributed by atoms with Crippen LogP contribution in [0.2, 0.25) is 0 Å². The molecule has 2 aliphatic heterocycles. The summed E-state index contributed by atoms with van der Waals surface area (Å²) in [6.45, 7) is 11.4. The van der Waals surface area contributed by atoms with E-state index in [0.717, 1.165) is 51.5 Å². The van der Waals surface area contributed by atoms with Crippen molar-refractivity contribution in [2.24, 2.45) is 0 Å². The second kappa shape index (κ2) is 6.49. The summed E-state index contributed by atoms with van der Waals surface area (Å²) in [5.41, 5.74) is 0.664. The van der Waals surface area contributed by atoms with Crippen LogP contribution in [-0.4, -0.2) is 71.0 Å². The van der Waals surface area contributed by atoms with E-state index in [-0.39, 0.29) is 11.6 Å². The summed E-state index contributed by atoms with van der Waals surface area (Å²) >= 11 is 0. The van der Waals surface area contributed by atoms with Crippen LogP contribution in [0.15, 0.2) is 12.4 Å². The van der Waals surface area contributed by atoms with Crippen LogP contribution in [0.25, 0.3) is 0 Å². The lowest BCUT2D eigenvalue weighted by atomic mass is 10.1. The minimum absolute atomic E-state index is 0.0331. The number of hydrogen-bond acceptors (Lipinski definition) is 4. The molecular formula is C16H27N5O2. The molecule has 1 aromatic rings. The third kappa shape index (κ3) is 3.84. The zero-order valence-electron chi connectivity index (χ0n) is 14.3. The lowest BCUT2D eigenvalue weighted by Crippen LogP contribution is -2.45. The molecule has 1 aromatic heterocycles. The fourth-order valence-corrected chi connectivity index (χ4v) is 3.12. The Labute approximate surface area is 137 Å². The van der Waals surface area contributed by atoms with Crippen LogP contribution in [0.3, 0.4) is 0 Å². The van der Waals surface area contributed by atoms with E-state index >= 15 is 0 Å². The molecule has 1 N–H and O–H groups in total. The number of carbonyl (C=O) groups is 1. The van der Waals surface area contributed by atoms with E-state index < -0.39 is 0 Å². The van der Waals surface area contributed by atoms with E-state index in [1.54, 1.807) is 6.20 Å². The molecular weight excluding hydrogens is 294 g/mol. The summed E-state index contributed by atoms with van der Waals surface area (Å²) in [7, 11) is 0. The monoisotopic (exact) mass is 321 g/mol. The minimum atomic E-state index is -0.0853. The van der Waals surface area contributed by atoms with Crippen LogP contribution >= 0.6 is 0 Å². The Morgan fingerprint density at radius 2 is 2.04 bits per heavy atom. The number of hydrogen-bond donors (Lipinski definition) is 1. The molecule has 3 heterocycles. The van der Waals surface area contributed by atoms with E-state index in [1.165, 1.54) is 0 Å². The first-order valence-electron chi connectivity index (χ1n) is 8.36. The summed E-state index contributed by atoms with van der Waals surface area (Å²) in [5.74, 6) is 0. The number of ether oxygens (including phenoxy) is 1. The number of likely N-dealkylation sites (tertiary alicyclic amines) is 1. The molecule has 7 nitrogen and oxygen atoms in total. The summed E-state index contributed by atoms with van der Waals surface area (Å²) in [6.07, 6.45) is 4.63. The van der Waals surface area contributed by atoms with Crippen molar-refractivity contribution in [3.63, 3.8) is 0 Å². The highest BCUT2D eigenvalue weighted by Gasteiger charge is 2.31. The van der Waals surface area contributed by atoms with Gasteiger partial charge in [0.2, 0.25) is 0 Å². The van der Waals surface area contributed by atoms with E-state index in [2.05, 4.69) is 36.1 Å². The van der Waals surface area contributed by atoms with E-state index in [0.29, 0.717) is 6.04 Å². The predicted molar refractivity (Wildman–Crippen MR) is 88.6 cm³/mol. The van der Waals surface area contributed by atoms with Crippen LogP contribution in [-0.2, 0) is 10.3 Å². The largest absolute Gasteiger partial charge is 0.379 e. The third-order valence-electron chi connectivity index (χ3n) is 4.53. The molecule has 2 aliphatic rings. The van der Waals surface area contributed by atoms with E-state index in [4.69, 9.17) is 4.74 Å². The lowest BCUT2D eigenvalue weighted by molar-refractivity contribution is 0.0192. The van der Waals surface area contributed by atoms with E-state index in [1.807, 2.05) is 15.8 Å². The average molecular weight is 321 g/mol. The van der Waals surface area contributed by atoms with Crippen LogP contribution in [0, 0.1) is 0 Å². The maximum Gasteiger partial charge on any atom is 0.321 e. The summed E-state index contributed by atoms with van der Waals surface area (Å²) in [4.78, 5) is 16.8. The van der Waals surface area contributed by atoms with Crippen molar-refractivity contribution in [1.29, 1.82) is 0 Å². The molecule has 0 aliphatic carbocycles. The van der Waals surface area contributed by atoms with Gasteiger partial charge in [-0.3, -0.25) is 9.58 Å². The molecule has 0 saturated carbocycles. The number of aromatic nitrogens is 2. The highest BCUT2D eigenvalue weighted by molar-refractivity contribution is 5.89. The number of rotatable bonds is 2. The molecule has 2 amide bonds. The van der Waals surface area contributed by atoms with Gasteiger partial charge in [-0.1, -0.05) is 0 Å². The van der Waals surface area contributed by atoms with Gasteiger partial charge in [-0.15, -0.1) is 0 Å². The molecule has 128 valence electrons. The van der Waals surface area contributed by atoms with Crippen LogP contribution in [0.1, 0.15) is 27.2 Å². The molecule has 3 rings (SSSR count). The molecule has 1 unspecified atom stereocenters. The second-order valence-corrected chi connectivity index (χ2v) is 7.31. The zero-order valence-corrected chi connectivity index (χ0v) is 14.3. The van der Waals surface area contributed by atoms with Gasteiger partial charge in [-0.25, -0.2) is 4.79 Å². The first-order chi connectivity index (χ1) is 10.9. The quantitative estimate of drug-likeness (QED) is 0.898. The Morgan fingerprint density at radius 3 is 2.70 bits per heavy atom. The smallest absolute Gasteiger partial charge is 0.321 e. The molecule has 2 fully saturated rings. The van der Waals surface area contributed by atoms with Crippen molar-refractivity contribution in [1.82, 2.24) is 19.6 Å². The first kappa shape index (κ1) is 16.3. The van der Waals surface area contributed by atoms with Crippen molar-refractivity contribution in [2.45, 2.75) is 38.8 Å². The molecule has 23 heavy (non-hydrogen) atoms. The molecule has 0 radical (unpaired) electrons. The van der Waals surface area contributed by atoms with Gasteiger partial charge in [-0.2, -0.15) is 5.10 Å². The first-order valence-corrected chi connectivity index (χ1v) is 8.36. The molecule has 0 spiro atoms. The Morgan fingerprint density at radius 1 is 1.30 bits per heavy atom. The van der Waals surface area contributed by atoms with Gasteiger partial charge < -0.3 is 15.0 Å². The second-order valence-electron chi connectivity index (χ2n) is 7.31. The molecule has 2 saturated heterocycles. The number of morpholine rings is 1. The highest BCUT2D eigenvalue weighted by atomic mass is 16.5. The fraction of sp³-hybridized carbons (Fsp3) is 0.750. The number of nitrogens with one attached hydrogen (secondary N) is 1. The van der Waals surface area contributed by atoms with Crippen molar-refractivity contribution in [3.8, 4) is 0 Å². The topological polar surface area (TPSA) is 62.6 Å². The fourth-order valence-electron chi connectivity index (χ4n) is 3.12. The van der Waals surface area contributed by atoms with Gasteiger partial charge in [0.05, 0.1) is 30.6 Å². The van der Waals surface area contributed by atoms with Gasteiger partial charge in [-0.05, 0) is 27.2 Å². The van der Waals surface area contributed by atoms with Gasteiger partial charge in [0.1, 0.15) is 0 Å². The summed E-state index contributed by atoms with van der Waals surface area (Å²) in [6, 6.07) is 0.427. The normalized spacial score (nSPS) is 23.3. The van der Waals surface area contributed by atoms with Crippen LogP contribution in [0.5, 0.6) is 0 Å². The Kier molecular flexibility index (Phi) is 4.59. The number of nitrogens with zero attached hydrogens (tertiary/aromatic N) is 4. The Balaban J connectivity index is 1.54. The van der Waals surface area contributed by atoms with Crippen LogP contribution < -0.4 is 5.32 Å². The molecule has 0 bridgehead atoms. The standard InChI is InChI=1S/C16H27N5O2/c1-16(2,3)21-11-13(10-17-21)18-15(22)20-5-4-14(12-20)19-6-8-23-9-7-19/h10-11,14H,4-9,12H2,1-3H3,(H,18,22). The zero-order chi connectivity index (χ0) is 16.4. The van der Waals surface area contributed by atoms with Crippen molar-refractivity contribution < 1.29 is 9.53 Å². The Hall–Kier alpha value is -1.60. The Bertz CT molecular complexity index is 545. The van der Waals surface area contributed by atoms with Gasteiger partial charge >= 0.3 is 6.03 Å². The lowest BCUT2D eigenvalue weighted by Gasteiger charge is -2.32. The maximum absolute atomic E-state index is 12.4. The number of carbonyl (C=O) groups excluding carboxylic acids is 1. The maximum atomic E-state index is 12.4. The summed E-state index contributed by atoms with van der Waals surface area (Å²) < 4.78 is 7.26. The van der Waals surface area contributed by atoms with Gasteiger partial charge in [0, 0.05) is 38.4 Å². The number of anilines is 1. The molecule has 0 aromatic carbocycles. The SMILES string of the molecule is CC(C)(C)n1cc(NC(=O)N2CCC(N3CCOCC3)C2)cn1. The van der Waals surface area contributed by atoms with Gasteiger partial charge in [0.25, 0.3) is 0 Å². The predicted octanol–water partition coefficient (Wildman–Crippen LogP) is 1.58.